The molecule has 0 bridgehead atoms. The van der Waals surface area contributed by atoms with Crippen molar-refractivity contribution in [3.8, 4) is 0 Å². The summed E-state index contributed by atoms with van der Waals surface area (Å²) in [6, 6.07) is 6.90. The van der Waals surface area contributed by atoms with Crippen molar-refractivity contribution in [3.63, 3.8) is 0 Å². The molecule has 1 aromatic carbocycles. The van der Waals surface area contributed by atoms with E-state index < -0.39 is 5.97 Å². The van der Waals surface area contributed by atoms with Gasteiger partial charge in [-0.15, -0.1) is 0 Å². The van der Waals surface area contributed by atoms with Gasteiger partial charge in [0.1, 0.15) is 6.54 Å². The highest BCUT2D eigenvalue weighted by atomic mass is 35.5. The van der Waals surface area contributed by atoms with Crippen LogP contribution in [0, 0.1) is 0 Å². The fourth-order valence-electron chi connectivity index (χ4n) is 1.48. The van der Waals surface area contributed by atoms with E-state index in [2.05, 4.69) is 5.32 Å². The molecular weight excluding hydrogens is 256 g/mol. The smallest absolute Gasteiger partial charge is 0.323 e. The summed E-state index contributed by atoms with van der Waals surface area (Å²) in [7, 11) is 0. The molecule has 2 N–H and O–H groups in total. The van der Waals surface area contributed by atoms with Crippen molar-refractivity contribution in [2.45, 2.75) is 6.92 Å². The van der Waals surface area contributed by atoms with Gasteiger partial charge in [0.25, 0.3) is 0 Å². The Hall–Kier alpha value is -1.75. The summed E-state index contributed by atoms with van der Waals surface area (Å²) in [6.45, 7) is 2.11. The topological polar surface area (TPSA) is 69.6 Å². The van der Waals surface area contributed by atoms with Gasteiger partial charge in [-0.25, -0.2) is 0 Å². The van der Waals surface area contributed by atoms with Crippen molar-refractivity contribution >= 4 is 29.2 Å². The lowest BCUT2D eigenvalue weighted by Gasteiger charge is -2.22. The third kappa shape index (κ3) is 5.05. The van der Waals surface area contributed by atoms with Crippen LogP contribution in [0.15, 0.2) is 24.3 Å². The molecule has 1 aromatic rings. The standard InChI is InChI=1S/C12H15ClN2O3/c1-9(16)14-6-7-15(8-12(17)18)11-4-2-10(13)3-5-11/h2-5H,6-8H2,1H3,(H,14,16)(H,17,18). The maximum atomic E-state index is 10.8. The molecular formula is C12H15ClN2O3. The van der Waals surface area contributed by atoms with Crippen LogP contribution < -0.4 is 10.2 Å². The van der Waals surface area contributed by atoms with Crippen LogP contribution in [0.2, 0.25) is 5.02 Å². The molecule has 0 aliphatic rings. The lowest BCUT2D eigenvalue weighted by atomic mass is 10.3. The molecule has 0 atom stereocenters. The van der Waals surface area contributed by atoms with Crippen molar-refractivity contribution in [1.29, 1.82) is 0 Å². The summed E-state index contributed by atoms with van der Waals surface area (Å²) in [6.07, 6.45) is 0. The Labute approximate surface area is 110 Å². The van der Waals surface area contributed by atoms with Crippen LogP contribution >= 0.6 is 11.6 Å². The molecule has 0 aliphatic heterocycles. The van der Waals surface area contributed by atoms with E-state index in [9.17, 15) is 9.59 Å². The van der Waals surface area contributed by atoms with Crippen LogP contribution in [0.5, 0.6) is 0 Å². The largest absolute Gasteiger partial charge is 0.480 e. The zero-order valence-corrected chi connectivity index (χ0v) is 10.8. The normalized spacial score (nSPS) is 9.89. The van der Waals surface area contributed by atoms with Gasteiger partial charge in [0.05, 0.1) is 0 Å². The molecule has 0 unspecified atom stereocenters. The minimum absolute atomic E-state index is 0.124. The highest BCUT2D eigenvalue weighted by molar-refractivity contribution is 6.30. The van der Waals surface area contributed by atoms with Crippen LogP contribution in [-0.2, 0) is 9.59 Å². The van der Waals surface area contributed by atoms with Gasteiger partial charge in [-0.2, -0.15) is 0 Å². The average molecular weight is 271 g/mol. The van der Waals surface area contributed by atoms with Crippen molar-refractivity contribution in [2.24, 2.45) is 0 Å². The molecule has 0 aliphatic carbocycles. The summed E-state index contributed by atoms with van der Waals surface area (Å²) in [4.78, 5) is 23.2. The SMILES string of the molecule is CC(=O)NCCN(CC(=O)O)c1ccc(Cl)cc1. The predicted molar refractivity (Wildman–Crippen MR) is 70.0 cm³/mol. The van der Waals surface area contributed by atoms with E-state index in [1.54, 1.807) is 29.2 Å². The first-order valence-electron chi connectivity index (χ1n) is 5.46. The van der Waals surface area contributed by atoms with Crippen molar-refractivity contribution in [2.75, 3.05) is 24.5 Å². The minimum Gasteiger partial charge on any atom is -0.480 e. The quantitative estimate of drug-likeness (QED) is 0.819. The lowest BCUT2D eigenvalue weighted by Crippen LogP contribution is -2.37. The number of carbonyl (C=O) groups is 2. The monoisotopic (exact) mass is 270 g/mol. The molecule has 0 aromatic heterocycles. The van der Waals surface area contributed by atoms with Crippen LogP contribution in [0.3, 0.4) is 0 Å². The summed E-state index contributed by atoms with van der Waals surface area (Å²) in [5.41, 5.74) is 0.757. The Balaban J connectivity index is 2.68. The van der Waals surface area contributed by atoms with Gasteiger partial charge in [-0.1, -0.05) is 11.6 Å². The molecule has 0 fully saturated rings. The van der Waals surface area contributed by atoms with E-state index >= 15 is 0 Å². The van der Waals surface area contributed by atoms with E-state index in [4.69, 9.17) is 16.7 Å². The average Bonchev–Trinajstić information content (AvgIpc) is 2.28. The predicted octanol–water partition coefficient (Wildman–Crippen LogP) is 1.37. The molecule has 0 spiro atoms. The Morgan fingerprint density at radius 3 is 2.44 bits per heavy atom. The summed E-state index contributed by atoms with van der Waals surface area (Å²) >= 11 is 5.78. The third-order valence-electron chi connectivity index (χ3n) is 2.27. The first kappa shape index (κ1) is 14.3. The molecule has 1 rings (SSSR count). The Morgan fingerprint density at radius 1 is 1.33 bits per heavy atom. The van der Waals surface area contributed by atoms with Crippen LogP contribution in [-0.4, -0.2) is 36.6 Å². The highest BCUT2D eigenvalue weighted by Crippen LogP contribution is 2.17. The molecule has 0 heterocycles. The van der Waals surface area contributed by atoms with Crippen LogP contribution in [0.1, 0.15) is 6.92 Å². The number of hydrogen-bond donors (Lipinski definition) is 2. The van der Waals surface area contributed by atoms with Crippen LogP contribution in [0.25, 0.3) is 0 Å². The molecule has 1 amide bonds. The number of amides is 1. The number of carboxylic acids is 1. The second-order valence-electron chi connectivity index (χ2n) is 3.77. The molecule has 5 nitrogen and oxygen atoms in total. The van der Waals surface area contributed by atoms with E-state index in [-0.39, 0.29) is 12.5 Å². The van der Waals surface area contributed by atoms with Gasteiger partial charge in [-0.05, 0) is 24.3 Å². The van der Waals surface area contributed by atoms with E-state index in [0.29, 0.717) is 18.1 Å². The number of anilines is 1. The number of nitrogens with one attached hydrogen (secondary N) is 1. The summed E-state index contributed by atoms with van der Waals surface area (Å²) in [5, 5.41) is 12.1. The highest BCUT2D eigenvalue weighted by Gasteiger charge is 2.10. The number of benzene rings is 1. The van der Waals surface area contributed by atoms with Gasteiger partial charge in [0.2, 0.25) is 5.91 Å². The number of halogens is 1. The van der Waals surface area contributed by atoms with Crippen LogP contribution in [0.4, 0.5) is 5.69 Å². The minimum atomic E-state index is -0.923. The summed E-state index contributed by atoms with van der Waals surface area (Å²) in [5.74, 6) is -1.06. The zero-order valence-electron chi connectivity index (χ0n) is 10.0. The Kier molecular flexibility index (Phi) is 5.45. The fraction of sp³-hybridized carbons (Fsp3) is 0.333. The second-order valence-corrected chi connectivity index (χ2v) is 4.21. The fourth-order valence-corrected chi connectivity index (χ4v) is 1.61. The zero-order chi connectivity index (χ0) is 13.5. The van der Waals surface area contributed by atoms with E-state index in [1.807, 2.05) is 0 Å². The van der Waals surface area contributed by atoms with Gasteiger partial charge in [-0.3, -0.25) is 9.59 Å². The molecule has 6 heteroatoms. The number of aliphatic carboxylic acids is 1. The number of carbonyl (C=O) groups excluding carboxylic acids is 1. The van der Waals surface area contributed by atoms with Gasteiger partial charge >= 0.3 is 5.97 Å². The van der Waals surface area contributed by atoms with Gasteiger partial charge in [0, 0.05) is 30.7 Å². The Bertz CT molecular complexity index is 420. The number of carboxylic acid groups (broad SMARTS) is 1. The molecule has 0 saturated carbocycles. The van der Waals surface area contributed by atoms with Gasteiger partial charge < -0.3 is 15.3 Å². The molecule has 18 heavy (non-hydrogen) atoms. The van der Waals surface area contributed by atoms with Crippen molar-refractivity contribution < 1.29 is 14.7 Å². The first-order chi connectivity index (χ1) is 8.49. The number of hydrogen-bond acceptors (Lipinski definition) is 3. The number of nitrogens with zero attached hydrogens (tertiary/aromatic N) is 1. The lowest BCUT2D eigenvalue weighted by molar-refractivity contribution is -0.135. The second kappa shape index (κ2) is 6.86. The van der Waals surface area contributed by atoms with E-state index in [1.165, 1.54) is 6.92 Å². The Morgan fingerprint density at radius 2 is 1.94 bits per heavy atom. The van der Waals surface area contributed by atoms with Crippen molar-refractivity contribution in [3.05, 3.63) is 29.3 Å². The van der Waals surface area contributed by atoms with Gasteiger partial charge in [0.15, 0.2) is 0 Å². The molecule has 0 saturated heterocycles. The molecule has 98 valence electrons. The maximum Gasteiger partial charge on any atom is 0.323 e. The maximum absolute atomic E-state index is 10.8. The number of rotatable bonds is 6. The molecule has 0 radical (unpaired) electrons. The van der Waals surface area contributed by atoms with Crippen molar-refractivity contribution in [1.82, 2.24) is 5.32 Å². The third-order valence-corrected chi connectivity index (χ3v) is 2.53. The summed E-state index contributed by atoms with van der Waals surface area (Å²) < 4.78 is 0. The van der Waals surface area contributed by atoms with E-state index in [0.717, 1.165) is 5.69 Å². The first-order valence-corrected chi connectivity index (χ1v) is 5.83.